The Morgan fingerprint density at radius 1 is 0.270 bits per heavy atom. The minimum atomic E-state index is -3.23. The maximum absolute atomic E-state index is 11.8. The fourth-order valence-corrected chi connectivity index (χ4v) is 13.2. The molecule has 0 rings (SSSR count). The molecule has 0 bridgehead atoms. The van der Waals surface area contributed by atoms with Gasteiger partial charge < -0.3 is 21.3 Å². The molecule has 4 N–H and O–H groups in total. The van der Waals surface area contributed by atoms with Crippen molar-refractivity contribution in [3.63, 3.8) is 0 Å². The monoisotopic (exact) mass is 2140 g/mol. The van der Waals surface area contributed by atoms with Gasteiger partial charge in [0.25, 0.3) is 0 Å². The van der Waals surface area contributed by atoms with E-state index in [4.69, 9.17) is 0 Å². The zero-order valence-electron chi connectivity index (χ0n) is 97.9. The highest BCUT2D eigenvalue weighted by molar-refractivity contribution is 7.93. The smallest absolute Gasteiger partial charge is 0.243 e. The number of hydrogen-bond donors (Lipinski definition) is 4. The highest BCUT2D eigenvalue weighted by Crippen LogP contribution is 2.25. The van der Waals surface area contributed by atoms with Crippen molar-refractivity contribution in [2.75, 3.05) is 43.4 Å². The van der Waals surface area contributed by atoms with Crippen molar-refractivity contribution >= 4 is 146 Å². The number of rotatable bonds is 53. The van der Waals surface area contributed by atoms with Crippen LogP contribution in [0.1, 0.15) is 411 Å². The largest absolute Gasteiger partial charge is 0.356 e. The average Bonchev–Trinajstić information content (AvgIpc) is 0.847. The fraction of sp³-hybridized carbons (Fsp3) is 0.670. The van der Waals surface area contributed by atoms with Gasteiger partial charge in [0.15, 0.2) is 70.0 Å². The van der Waals surface area contributed by atoms with Crippen LogP contribution in [0, 0.1) is 32.5 Å². The molecule has 848 valence electrons. The third kappa shape index (κ3) is 95.7. The van der Waals surface area contributed by atoms with Crippen LogP contribution in [0.2, 0.25) is 0 Å². The molecule has 0 aromatic carbocycles. The van der Waals surface area contributed by atoms with E-state index in [1.165, 1.54) is 36.5 Å². The van der Waals surface area contributed by atoms with Crippen molar-refractivity contribution < 1.29 is 121 Å². The molecule has 33 heteroatoms. The Kier molecular flexibility index (Phi) is 82.4. The molecular weight excluding hydrogens is 1950 g/mol. The zero-order chi connectivity index (χ0) is 118. The van der Waals surface area contributed by atoms with Crippen molar-refractivity contribution in [1.29, 1.82) is 0 Å². The molecule has 0 radical (unpaired) electrons. The Hall–Kier alpha value is -9.89. The van der Waals surface area contributed by atoms with Gasteiger partial charge in [-0.25, -0.2) is 25.3 Å². The molecule has 0 aromatic heterocycles. The van der Waals surface area contributed by atoms with Gasteiger partial charge in [-0.05, 0) is 217 Å². The molecule has 0 heterocycles. The topological polar surface area (TPSA) is 492 Å². The SMILES string of the molecule is C/C=C/C(=O)CCC(=O)CCC(=O)C(C)(C)C.C/C=C/C(=O)CCC(=O)CCCCC(=O)C(C)(C)C.C/C=C/C(=O)CCC(=O)NCC(C)(C)C.C/C=C/C(=O)CCC(=O)NCCS(=O)(=O)C(C)(C)C.C=C(C)C(=O)CCC(=O)CCC(=O)C(C)(C)C.C=CC(=O)NCCS(=O)(=O)C(C)(C)C.CC(C)=CC(=O)C(=O)C(C)(C)C.CC(C)=CC(=O)CCC(=O)NCCS(=O)(=O)C(C)(C)C.CC(C)=CC(=O)CCCC(=O)C(C)(C)C. The summed E-state index contributed by atoms with van der Waals surface area (Å²) in [7, 11) is -9.61. The van der Waals surface area contributed by atoms with E-state index in [0.29, 0.717) is 63.5 Å². The number of unbranched alkanes of at least 4 members (excludes halogenated alkanes) is 1. The van der Waals surface area contributed by atoms with Crippen molar-refractivity contribution in [1.82, 2.24) is 21.3 Å². The lowest BCUT2D eigenvalue weighted by Gasteiger charge is -2.19. The molecule has 0 saturated carbocycles. The second kappa shape index (κ2) is 78.3. The summed E-state index contributed by atoms with van der Waals surface area (Å²) in [5, 5.41) is 10.3. The minimum Gasteiger partial charge on any atom is -0.356 e. The molecule has 0 saturated heterocycles. The average molecular weight is 2150 g/mol. The van der Waals surface area contributed by atoms with E-state index in [1.807, 2.05) is 111 Å². The molecule has 0 fully saturated rings. The lowest BCUT2D eigenvalue weighted by molar-refractivity contribution is -0.138. The number of Topliss-reactive ketones (excluding diaryl/α,β-unsaturated/α-hetero) is 9. The van der Waals surface area contributed by atoms with Gasteiger partial charge in [-0.3, -0.25) is 95.9 Å². The van der Waals surface area contributed by atoms with Crippen LogP contribution in [0.5, 0.6) is 0 Å². The summed E-state index contributed by atoms with van der Waals surface area (Å²) in [5.41, 5.74) is 1.42. The molecule has 0 atom stereocenters. The molecule has 148 heavy (non-hydrogen) atoms. The molecule has 0 aliphatic heterocycles. The maximum Gasteiger partial charge on any atom is 0.243 e. The van der Waals surface area contributed by atoms with Crippen LogP contribution in [-0.4, -0.2) is 199 Å². The Bertz CT molecular complexity index is 4900. The molecular formula is C115H194N4O26S3. The number of allylic oxidation sites excluding steroid dienone is 15. The summed E-state index contributed by atoms with van der Waals surface area (Å²) < 4.78 is 67.8. The Morgan fingerprint density at radius 2 is 0.520 bits per heavy atom. The predicted molar refractivity (Wildman–Crippen MR) is 598 cm³/mol. The third-order valence-electron chi connectivity index (χ3n) is 20.2. The molecule has 4 amide bonds. The highest BCUT2D eigenvalue weighted by Gasteiger charge is 2.33. The summed E-state index contributed by atoms with van der Waals surface area (Å²) in [6, 6.07) is 0. The first-order chi connectivity index (χ1) is 66.8. The summed E-state index contributed by atoms with van der Waals surface area (Å²) in [6.45, 7) is 76.0. The van der Waals surface area contributed by atoms with Crippen molar-refractivity contribution in [3.8, 4) is 0 Å². The van der Waals surface area contributed by atoms with E-state index in [-0.39, 0.29) is 252 Å². The van der Waals surface area contributed by atoms with Gasteiger partial charge in [-0.1, -0.05) is 179 Å². The van der Waals surface area contributed by atoms with Gasteiger partial charge in [0, 0.05) is 182 Å². The van der Waals surface area contributed by atoms with Gasteiger partial charge in [-0.2, -0.15) is 0 Å². The highest BCUT2D eigenvalue weighted by atomic mass is 32.2. The van der Waals surface area contributed by atoms with Crippen LogP contribution in [0.25, 0.3) is 0 Å². The number of carbonyl (C=O) groups excluding carboxylic acids is 20. The van der Waals surface area contributed by atoms with Crippen LogP contribution in [0.4, 0.5) is 0 Å². The second-order valence-electron chi connectivity index (χ2n) is 45.8. The number of nitrogens with one attached hydrogen (secondary N) is 4. The number of ketones is 16. The van der Waals surface area contributed by atoms with Gasteiger partial charge in [-0.15, -0.1) is 0 Å². The van der Waals surface area contributed by atoms with Crippen molar-refractivity contribution in [2.24, 2.45) is 32.5 Å². The first-order valence-electron chi connectivity index (χ1n) is 50.7. The van der Waals surface area contributed by atoms with Gasteiger partial charge >= 0.3 is 0 Å². The van der Waals surface area contributed by atoms with Crippen LogP contribution >= 0.6 is 0 Å². The fourth-order valence-electron chi connectivity index (χ4n) is 10.3. The normalized spacial score (nSPS) is 11.7. The second-order valence-corrected chi connectivity index (χ2v) is 54.4. The van der Waals surface area contributed by atoms with E-state index in [2.05, 4.69) is 55.2 Å². The van der Waals surface area contributed by atoms with E-state index in [9.17, 15) is 121 Å². The minimum absolute atomic E-state index is 0.00115. The quantitative estimate of drug-likeness (QED) is 0.0250. The Labute approximate surface area is 891 Å². The number of carbonyl (C=O) groups is 20. The van der Waals surface area contributed by atoms with E-state index in [1.54, 1.807) is 162 Å². The van der Waals surface area contributed by atoms with Gasteiger partial charge in [0.2, 0.25) is 35.2 Å². The van der Waals surface area contributed by atoms with Gasteiger partial charge in [0.1, 0.15) is 40.5 Å². The van der Waals surface area contributed by atoms with Gasteiger partial charge in [0.05, 0.1) is 31.5 Å². The maximum atomic E-state index is 11.8. The molecule has 0 spiro atoms. The van der Waals surface area contributed by atoms with Crippen molar-refractivity contribution in [3.05, 3.63) is 108 Å². The lowest BCUT2D eigenvalue weighted by atomic mass is 9.87. The van der Waals surface area contributed by atoms with Crippen LogP contribution in [0.15, 0.2) is 108 Å². The van der Waals surface area contributed by atoms with E-state index < -0.39 is 60.4 Å². The van der Waals surface area contributed by atoms with Crippen molar-refractivity contribution in [2.45, 2.75) is 425 Å². The third-order valence-corrected chi connectivity index (χ3v) is 28.1. The molecule has 0 unspecified atom stereocenters. The summed E-state index contributed by atoms with van der Waals surface area (Å²) in [6.07, 6.45) is 25.9. The number of amides is 4. The van der Waals surface area contributed by atoms with Crippen LogP contribution in [-0.2, 0) is 125 Å². The molecule has 0 aromatic rings. The van der Waals surface area contributed by atoms with Crippen LogP contribution in [0.3, 0.4) is 0 Å². The number of hydrogen-bond acceptors (Lipinski definition) is 26. The predicted octanol–water partition coefficient (Wildman–Crippen LogP) is 20.3. The standard InChI is InChI=1S/C16H26O3.C14H25NO4S.2C14H22O3.C13H23NO4S.C13H22O2.C12H21NO2.C10H16O2.C9H17NO3S/c1-5-8-13(17)11-12-14(18)9-6-7-10-15(19)16(2,3)4;1-11(2)10-12(16)6-7-13(17)15-8-9-20(18,19)14(3,4)5;1-10(2)12(16)8-6-11(15)7-9-13(17)14(3,4)5;1-5-6-11(15)7-8-12(16)9-10-13(17)14(2,3)4;1-5-6-11(15)7-8-12(16)14-9-10-19(17,18)13(2,3)4;1-10(2)9-11(14)7-6-8-12(15)13(3,4)5;1-5-6-10(14)7-8-11(15)13-9-12(2,3)4;1-7(2)6-8(11)9(12)10(3,4)5;1-5-8(11)10-6-7-14(12,13)9(2,3)4/h5,8H,6-7,9-12H2,1-4H3;10H,6-9H2,1-5H3,(H,15,17);1,6-9H2,2-5H3;5-6H,7-10H2,1-4H3;5-6H,7-10H2,1-4H3,(H,14,16);9H,6-8H2,1-5H3;5-6H,7-9H2,1-4H3,(H,13,15);6H,1-5H3;5H,1,6-7H2,2-4H3,(H,10,11)/b8-5+;;;2*6-5+;;6-5+;;. The first kappa shape index (κ1) is 156. The Balaban J connectivity index is -0.000000211. The Morgan fingerprint density at radius 3 is 0.791 bits per heavy atom. The lowest BCUT2D eigenvalue weighted by Crippen LogP contribution is -2.36. The van der Waals surface area contributed by atoms with E-state index >= 15 is 0 Å². The summed E-state index contributed by atoms with van der Waals surface area (Å²) in [4.78, 5) is 227. The first-order valence-corrected chi connectivity index (χ1v) is 55.7. The summed E-state index contributed by atoms with van der Waals surface area (Å²) >= 11 is 0. The molecule has 0 aliphatic rings. The summed E-state index contributed by atoms with van der Waals surface area (Å²) in [5.74, 6) is -1.47. The molecule has 30 nitrogen and oxygen atoms in total. The van der Waals surface area contributed by atoms with Crippen LogP contribution < -0.4 is 21.3 Å². The molecule has 0 aliphatic carbocycles. The zero-order valence-corrected chi connectivity index (χ0v) is 100. The van der Waals surface area contributed by atoms with E-state index in [0.717, 1.165) is 35.6 Å². The number of sulfone groups is 3.